The summed E-state index contributed by atoms with van der Waals surface area (Å²) in [6, 6.07) is 11.2. The Morgan fingerprint density at radius 2 is 1.84 bits per heavy atom. The fraction of sp³-hybridized carbons (Fsp3) is 0.389. The zero-order valence-corrected chi connectivity index (χ0v) is 14.6. The first-order chi connectivity index (χ1) is 12.0. The van der Waals surface area contributed by atoms with Crippen molar-refractivity contribution in [2.45, 2.75) is 49.4 Å². The highest BCUT2D eigenvalue weighted by atomic mass is 32.2. The maximum atomic E-state index is 13.1. The van der Waals surface area contributed by atoms with E-state index >= 15 is 0 Å². The number of aliphatic hydroxyl groups excluding tert-OH is 1. The highest BCUT2D eigenvalue weighted by Gasteiger charge is 2.34. The van der Waals surface area contributed by atoms with Crippen LogP contribution in [-0.4, -0.2) is 40.1 Å². The van der Waals surface area contributed by atoms with Crippen molar-refractivity contribution >= 4 is 10.0 Å². The zero-order valence-electron chi connectivity index (χ0n) is 13.8. The van der Waals surface area contributed by atoms with Gasteiger partial charge in [0.15, 0.2) is 5.03 Å². The molecule has 0 saturated heterocycles. The molecule has 0 amide bonds. The van der Waals surface area contributed by atoms with E-state index in [0.717, 1.165) is 0 Å². The normalized spacial score (nSPS) is 21.4. The lowest BCUT2D eigenvalue weighted by atomic mass is 9.93. The van der Waals surface area contributed by atoms with Crippen LogP contribution in [0.2, 0.25) is 0 Å². The maximum absolute atomic E-state index is 13.1. The van der Waals surface area contributed by atoms with E-state index in [4.69, 9.17) is 0 Å². The van der Waals surface area contributed by atoms with Crippen molar-refractivity contribution in [2.75, 3.05) is 0 Å². The lowest BCUT2D eigenvalue weighted by Crippen LogP contribution is -2.42. The molecule has 134 valence electrons. The molecule has 0 aliphatic heterocycles. The summed E-state index contributed by atoms with van der Waals surface area (Å²) in [5.41, 5.74) is 0.714. The highest BCUT2D eigenvalue weighted by Crippen LogP contribution is 2.29. The number of nitrogens with zero attached hydrogens (tertiary/aromatic N) is 2. The Morgan fingerprint density at radius 3 is 2.48 bits per heavy atom. The van der Waals surface area contributed by atoms with E-state index in [9.17, 15) is 18.6 Å². The van der Waals surface area contributed by atoms with Gasteiger partial charge in [0, 0.05) is 18.8 Å². The molecule has 1 fully saturated rings. The molecule has 0 atom stereocenters. The first-order valence-corrected chi connectivity index (χ1v) is 9.79. The molecule has 6 nitrogen and oxygen atoms in total. The second-order valence-electron chi connectivity index (χ2n) is 6.35. The molecule has 3 rings (SSSR count). The van der Waals surface area contributed by atoms with E-state index < -0.39 is 10.0 Å². The van der Waals surface area contributed by atoms with Crippen LogP contribution in [0.1, 0.15) is 31.2 Å². The molecule has 2 aromatic rings. The lowest BCUT2D eigenvalue weighted by molar-refractivity contribution is 0.0981. The van der Waals surface area contributed by atoms with Gasteiger partial charge in [-0.25, -0.2) is 13.4 Å². The predicted octanol–water partition coefficient (Wildman–Crippen LogP) is 2.28. The largest absolute Gasteiger partial charge is 0.508 e. The zero-order chi connectivity index (χ0) is 17.9. The lowest BCUT2D eigenvalue weighted by Gasteiger charge is -2.34. The van der Waals surface area contributed by atoms with Gasteiger partial charge in [0.25, 0.3) is 10.0 Å². The third kappa shape index (κ3) is 4.18. The maximum Gasteiger partial charge on any atom is 0.261 e. The van der Waals surface area contributed by atoms with Crippen LogP contribution in [0.15, 0.2) is 53.7 Å². The number of sulfonamides is 1. The number of aromatic hydroxyl groups is 1. The van der Waals surface area contributed by atoms with Crippen molar-refractivity contribution in [2.24, 2.45) is 0 Å². The molecule has 25 heavy (non-hydrogen) atoms. The van der Waals surface area contributed by atoms with Gasteiger partial charge in [-0.3, -0.25) is 0 Å². The topological polar surface area (TPSA) is 90.7 Å². The van der Waals surface area contributed by atoms with Crippen molar-refractivity contribution in [3.63, 3.8) is 0 Å². The Balaban J connectivity index is 1.94. The van der Waals surface area contributed by atoms with Gasteiger partial charge < -0.3 is 10.2 Å². The molecular formula is C18H22N2O4S. The summed E-state index contributed by atoms with van der Waals surface area (Å²) < 4.78 is 27.7. The van der Waals surface area contributed by atoms with Crippen molar-refractivity contribution < 1.29 is 18.6 Å². The molecule has 1 saturated carbocycles. The molecule has 0 bridgehead atoms. The minimum atomic E-state index is -3.77. The summed E-state index contributed by atoms with van der Waals surface area (Å²) in [5, 5.41) is 19.4. The van der Waals surface area contributed by atoms with E-state index in [1.165, 1.54) is 16.6 Å². The minimum absolute atomic E-state index is 0.0151. The quantitative estimate of drug-likeness (QED) is 0.851. The van der Waals surface area contributed by atoms with Crippen LogP contribution >= 0.6 is 0 Å². The summed E-state index contributed by atoms with van der Waals surface area (Å²) >= 11 is 0. The highest BCUT2D eigenvalue weighted by molar-refractivity contribution is 7.89. The van der Waals surface area contributed by atoms with Gasteiger partial charge >= 0.3 is 0 Å². The Bertz CT molecular complexity index is 803. The average molecular weight is 362 g/mol. The van der Waals surface area contributed by atoms with Gasteiger partial charge in [-0.15, -0.1) is 0 Å². The van der Waals surface area contributed by atoms with Crippen LogP contribution in [0.5, 0.6) is 5.75 Å². The minimum Gasteiger partial charge on any atom is -0.508 e. The van der Waals surface area contributed by atoms with Crippen LogP contribution in [-0.2, 0) is 16.6 Å². The first-order valence-electron chi connectivity index (χ1n) is 8.35. The molecular weight excluding hydrogens is 340 g/mol. The molecule has 1 aromatic heterocycles. The first kappa shape index (κ1) is 17.8. The second kappa shape index (κ2) is 7.51. The van der Waals surface area contributed by atoms with Gasteiger partial charge in [-0.05, 0) is 55.5 Å². The third-order valence-electron chi connectivity index (χ3n) is 4.53. The number of aliphatic hydroxyl groups is 1. The number of rotatable bonds is 5. The van der Waals surface area contributed by atoms with Crippen molar-refractivity contribution in [3.05, 3.63) is 54.2 Å². The summed E-state index contributed by atoms with van der Waals surface area (Å²) in [6.07, 6.45) is 3.47. The molecule has 0 radical (unpaired) electrons. The number of phenolic OH excluding ortho intramolecular Hbond substituents is 1. The smallest absolute Gasteiger partial charge is 0.261 e. The molecule has 2 N–H and O–H groups in total. The van der Waals surface area contributed by atoms with Crippen LogP contribution in [0, 0.1) is 0 Å². The van der Waals surface area contributed by atoms with Crippen molar-refractivity contribution in [3.8, 4) is 5.75 Å². The van der Waals surface area contributed by atoms with Crippen molar-refractivity contribution in [1.29, 1.82) is 0 Å². The van der Waals surface area contributed by atoms with Crippen molar-refractivity contribution in [1.82, 2.24) is 9.29 Å². The molecule has 0 spiro atoms. The van der Waals surface area contributed by atoms with Gasteiger partial charge in [0.1, 0.15) is 5.75 Å². The summed E-state index contributed by atoms with van der Waals surface area (Å²) in [7, 11) is -3.77. The standard InChI is InChI=1S/C18H22N2O4S/c21-16-9-7-15(8-10-16)20(13-14-4-3-5-17(22)12-14)25(23,24)18-6-1-2-11-19-18/h1-6,11-12,15-16,21-22H,7-10,13H2. The van der Waals surface area contributed by atoms with Crippen LogP contribution in [0.4, 0.5) is 0 Å². The fourth-order valence-corrected chi connectivity index (χ4v) is 4.82. The second-order valence-corrected chi connectivity index (χ2v) is 8.19. The van der Waals surface area contributed by atoms with Gasteiger partial charge in [-0.2, -0.15) is 4.31 Å². The molecule has 0 unspecified atom stereocenters. The third-order valence-corrected chi connectivity index (χ3v) is 6.35. The predicted molar refractivity (Wildman–Crippen MR) is 93.3 cm³/mol. The molecule has 1 heterocycles. The van der Waals surface area contributed by atoms with E-state index in [1.54, 1.807) is 36.4 Å². The number of benzene rings is 1. The number of hydrogen-bond donors (Lipinski definition) is 2. The molecule has 7 heteroatoms. The Kier molecular flexibility index (Phi) is 5.36. The number of phenols is 1. The average Bonchev–Trinajstić information content (AvgIpc) is 2.61. The van der Waals surface area contributed by atoms with E-state index in [0.29, 0.717) is 31.2 Å². The van der Waals surface area contributed by atoms with E-state index in [2.05, 4.69) is 4.98 Å². The number of pyridine rings is 1. The Morgan fingerprint density at radius 1 is 1.08 bits per heavy atom. The van der Waals surface area contributed by atoms with E-state index in [-0.39, 0.29) is 29.5 Å². The summed E-state index contributed by atoms with van der Waals surface area (Å²) in [6.45, 7) is 0.161. The van der Waals surface area contributed by atoms with Crippen LogP contribution in [0.25, 0.3) is 0 Å². The monoisotopic (exact) mass is 362 g/mol. The van der Waals surface area contributed by atoms with E-state index in [1.807, 2.05) is 0 Å². The summed E-state index contributed by atoms with van der Waals surface area (Å²) in [5.74, 6) is 0.103. The van der Waals surface area contributed by atoms with Crippen LogP contribution in [0.3, 0.4) is 0 Å². The van der Waals surface area contributed by atoms with Gasteiger partial charge in [0.05, 0.1) is 6.10 Å². The summed E-state index contributed by atoms with van der Waals surface area (Å²) in [4.78, 5) is 4.01. The van der Waals surface area contributed by atoms with Crippen LogP contribution < -0.4 is 0 Å². The van der Waals surface area contributed by atoms with Gasteiger partial charge in [-0.1, -0.05) is 18.2 Å². The Hall–Kier alpha value is -1.96. The van der Waals surface area contributed by atoms with Gasteiger partial charge in [0.2, 0.25) is 0 Å². The molecule has 1 aliphatic carbocycles. The molecule has 1 aromatic carbocycles. The number of aromatic nitrogens is 1. The molecule has 1 aliphatic rings. The number of hydrogen-bond acceptors (Lipinski definition) is 5. The fourth-order valence-electron chi connectivity index (χ4n) is 3.21. The SMILES string of the molecule is O=S(=O)(c1ccccn1)N(Cc1cccc(O)c1)C1CCC(O)CC1. The Labute approximate surface area is 147 Å².